The lowest BCUT2D eigenvalue weighted by Gasteiger charge is -2.13. The summed E-state index contributed by atoms with van der Waals surface area (Å²) in [5, 5.41) is 9.89. The summed E-state index contributed by atoms with van der Waals surface area (Å²) in [6, 6.07) is 9.35. The zero-order valence-corrected chi connectivity index (χ0v) is 14.2. The molecule has 1 heterocycles. The third-order valence-electron chi connectivity index (χ3n) is 3.90. The van der Waals surface area contributed by atoms with Crippen molar-refractivity contribution < 1.29 is 32.6 Å². The van der Waals surface area contributed by atoms with Crippen LogP contribution in [0.3, 0.4) is 0 Å². The number of ether oxygens (including phenoxy) is 1. The summed E-state index contributed by atoms with van der Waals surface area (Å²) in [5.41, 5.74) is 0.783. The molecule has 0 unspecified atom stereocenters. The number of carbonyl (C=O) groups excluding carboxylic acids is 2. The number of rotatable bonds is 6. The number of ketones is 1. The Morgan fingerprint density at radius 2 is 1.81 bits per heavy atom. The van der Waals surface area contributed by atoms with E-state index in [9.17, 15) is 27.9 Å². The summed E-state index contributed by atoms with van der Waals surface area (Å²) in [6.45, 7) is 0.983. The van der Waals surface area contributed by atoms with E-state index in [1.807, 2.05) is 0 Å². The molecule has 0 spiro atoms. The number of hydrogen-bond donors (Lipinski definition) is 1. The maximum Gasteiger partial charge on any atom is 0.406 e. The van der Waals surface area contributed by atoms with Crippen molar-refractivity contribution in [3.8, 4) is 0 Å². The number of alkyl halides is 3. The molecule has 1 aromatic carbocycles. The summed E-state index contributed by atoms with van der Waals surface area (Å²) < 4.78 is 43.6. The average Bonchev–Trinajstić information content (AvgIpc) is 2.86. The number of esters is 1. The fourth-order valence-corrected chi connectivity index (χ4v) is 2.57. The van der Waals surface area contributed by atoms with Gasteiger partial charge in [-0.05, 0) is 25.5 Å². The summed E-state index contributed by atoms with van der Waals surface area (Å²) in [5.74, 6) is -1.64. The van der Waals surface area contributed by atoms with Crippen LogP contribution in [0.25, 0.3) is 0 Å². The first-order valence-electron chi connectivity index (χ1n) is 7.76. The van der Waals surface area contributed by atoms with Crippen molar-refractivity contribution >= 4 is 11.8 Å². The van der Waals surface area contributed by atoms with Gasteiger partial charge in [-0.2, -0.15) is 13.2 Å². The molecule has 0 aliphatic carbocycles. The minimum absolute atomic E-state index is 0.0498. The Morgan fingerprint density at radius 1 is 1.19 bits per heavy atom. The van der Waals surface area contributed by atoms with Crippen LogP contribution in [0.1, 0.15) is 33.4 Å². The van der Waals surface area contributed by atoms with E-state index >= 15 is 0 Å². The number of hydrogen-bond acceptors (Lipinski definition) is 4. The SMILES string of the molecule is Cc1cc(C(=O)COC(=O)[C@@H](O)c2ccccc2)c(C)n1CC(F)(F)F. The first-order valence-corrected chi connectivity index (χ1v) is 7.76. The van der Waals surface area contributed by atoms with Gasteiger partial charge in [0, 0.05) is 17.0 Å². The molecule has 1 N–H and O–H groups in total. The third-order valence-corrected chi connectivity index (χ3v) is 3.90. The van der Waals surface area contributed by atoms with Gasteiger partial charge in [0.25, 0.3) is 0 Å². The fraction of sp³-hybridized carbons (Fsp3) is 0.333. The standard InChI is InChI=1S/C18H18F3NO4/c1-11-8-14(12(2)22(11)10-18(19,20)21)15(23)9-26-17(25)16(24)13-6-4-3-5-7-13/h3-8,16,24H,9-10H2,1-2H3/t16-/m0/s1. The van der Waals surface area contributed by atoms with Gasteiger partial charge >= 0.3 is 12.1 Å². The molecular weight excluding hydrogens is 351 g/mol. The number of benzene rings is 1. The Kier molecular flexibility index (Phi) is 5.86. The summed E-state index contributed by atoms with van der Waals surface area (Å²) >= 11 is 0. The van der Waals surface area contributed by atoms with E-state index in [-0.39, 0.29) is 17.0 Å². The van der Waals surface area contributed by atoms with Crippen LogP contribution in [-0.4, -0.2) is 34.2 Å². The zero-order chi connectivity index (χ0) is 19.5. The lowest BCUT2D eigenvalue weighted by Crippen LogP contribution is -2.21. The first-order chi connectivity index (χ1) is 12.1. The van der Waals surface area contributed by atoms with Crippen LogP contribution in [0.2, 0.25) is 0 Å². The summed E-state index contributed by atoms with van der Waals surface area (Å²) in [7, 11) is 0. The quantitative estimate of drug-likeness (QED) is 0.628. The minimum Gasteiger partial charge on any atom is -0.455 e. The maximum atomic E-state index is 12.6. The summed E-state index contributed by atoms with van der Waals surface area (Å²) in [4.78, 5) is 24.1. The van der Waals surface area contributed by atoms with Gasteiger partial charge in [0.1, 0.15) is 6.54 Å². The van der Waals surface area contributed by atoms with Gasteiger partial charge in [0.05, 0.1) is 0 Å². The van der Waals surface area contributed by atoms with Crippen LogP contribution in [0.15, 0.2) is 36.4 Å². The number of halogens is 3. The predicted molar refractivity (Wildman–Crippen MR) is 86.7 cm³/mol. The van der Waals surface area contributed by atoms with E-state index in [1.54, 1.807) is 18.2 Å². The highest BCUT2D eigenvalue weighted by Crippen LogP contribution is 2.23. The summed E-state index contributed by atoms with van der Waals surface area (Å²) in [6.07, 6.45) is -5.96. The Bertz CT molecular complexity index is 797. The molecule has 2 aromatic rings. The van der Waals surface area contributed by atoms with Crippen molar-refractivity contribution in [3.05, 3.63) is 58.9 Å². The van der Waals surface area contributed by atoms with Crippen LogP contribution in [0.4, 0.5) is 13.2 Å². The number of aliphatic hydroxyl groups is 1. The Labute approximate surface area is 148 Å². The predicted octanol–water partition coefficient (Wildman–Crippen LogP) is 3.13. The molecule has 0 saturated carbocycles. The van der Waals surface area contributed by atoms with Gasteiger partial charge in [0.2, 0.25) is 5.78 Å². The lowest BCUT2D eigenvalue weighted by atomic mass is 10.1. The number of aromatic nitrogens is 1. The van der Waals surface area contributed by atoms with E-state index in [4.69, 9.17) is 4.74 Å². The van der Waals surface area contributed by atoms with Gasteiger partial charge in [-0.1, -0.05) is 30.3 Å². The molecule has 0 fully saturated rings. The van der Waals surface area contributed by atoms with Gasteiger partial charge in [-0.3, -0.25) is 4.79 Å². The molecule has 0 aliphatic rings. The molecule has 0 aliphatic heterocycles. The Hall–Kier alpha value is -2.61. The Morgan fingerprint density at radius 3 is 2.38 bits per heavy atom. The van der Waals surface area contributed by atoms with Crippen LogP contribution in [0.5, 0.6) is 0 Å². The minimum atomic E-state index is -4.42. The van der Waals surface area contributed by atoms with E-state index in [1.165, 1.54) is 32.0 Å². The topological polar surface area (TPSA) is 68.5 Å². The van der Waals surface area contributed by atoms with E-state index < -0.39 is 37.2 Å². The van der Waals surface area contributed by atoms with Gasteiger partial charge in [-0.15, -0.1) is 0 Å². The number of aliphatic hydroxyl groups excluding tert-OH is 1. The van der Waals surface area contributed by atoms with E-state index in [2.05, 4.69) is 0 Å². The molecular formula is C18H18F3NO4. The highest BCUT2D eigenvalue weighted by atomic mass is 19.4. The van der Waals surface area contributed by atoms with Crippen LogP contribution >= 0.6 is 0 Å². The highest BCUT2D eigenvalue weighted by Gasteiger charge is 2.30. The van der Waals surface area contributed by atoms with Crippen molar-refractivity contribution in [2.45, 2.75) is 32.7 Å². The number of carbonyl (C=O) groups is 2. The second kappa shape index (κ2) is 7.74. The zero-order valence-electron chi connectivity index (χ0n) is 14.2. The van der Waals surface area contributed by atoms with Crippen LogP contribution in [-0.2, 0) is 16.1 Å². The molecule has 2 rings (SSSR count). The second-order valence-corrected chi connectivity index (χ2v) is 5.83. The third kappa shape index (κ3) is 4.72. The molecule has 1 atom stereocenters. The van der Waals surface area contributed by atoms with Gasteiger partial charge in [-0.25, -0.2) is 4.79 Å². The molecule has 0 bridgehead atoms. The molecule has 26 heavy (non-hydrogen) atoms. The maximum absolute atomic E-state index is 12.6. The largest absolute Gasteiger partial charge is 0.455 e. The first kappa shape index (κ1) is 19.7. The lowest BCUT2D eigenvalue weighted by molar-refractivity contribution is -0.152. The monoisotopic (exact) mass is 369 g/mol. The number of nitrogens with zero attached hydrogens (tertiary/aromatic N) is 1. The fourth-order valence-electron chi connectivity index (χ4n) is 2.57. The molecule has 140 valence electrons. The Balaban J connectivity index is 2.04. The van der Waals surface area contributed by atoms with Crippen molar-refractivity contribution in [2.24, 2.45) is 0 Å². The number of aryl methyl sites for hydroxylation is 1. The molecule has 0 amide bonds. The molecule has 8 heteroatoms. The van der Waals surface area contributed by atoms with Gasteiger partial charge < -0.3 is 14.4 Å². The van der Waals surface area contributed by atoms with Crippen molar-refractivity contribution in [3.63, 3.8) is 0 Å². The molecule has 0 saturated heterocycles. The van der Waals surface area contributed by atoms with Crippen LogP contribution < -0.4 is 0 Å². The van der Waals surface area contributed by atoms with Crippen LogP contribution in [0, 0.1) is 13.8 Å². The number of Topliss-reactive ketones (excluding diaryl/α,β-unsaturated/α-hetero) is 1. The van der Waals surface area contributed by atoms with Crippen molar-refractivity contribution in [1.82, 2.24) is 4.57 Å². The smallest absolute Gasteiger partial charge is 0.406 e. The molecule has 1 aromatic heterocycles. The van der Waals surface area contributed by atoms with Gasteiger partial charge in [0.15, 0.2) is 12.7 Å². The van der Waals surface area contributed by atoms with E-state index in [0.717, 1.165) is 4.57 Å². The molecule has 5 nitrogen and oxygen atoms in total. The average molecular weight is 369 g/mol. The van der Waals surface area contributed by atoms with Crippen molar-refractivity contribution in [2.75, 3.05) is 6.61 Å². The normalized spacial score (nSPS) is 12.7. The molecule has 0 radical (unpaired) electrons. The van der Waals surface area contributed by atoms with Crippen molar-refractivity contribution in [1.29, 1.82) is 0 Å². The second-order valence-electron chi connectivity index (χ2n) is 5.83. The highest BCUT2D eigenvalue weighted by molar-refractivity contribution is 5.99. The van der Waals surface area contributed by atoms with E-state index in [0.29, 0.717) is 5.56 Å².